The molecule has 1 fully saturated rings. The summed E-state index contributed by atoms with van der Waals surface area (Å²) in [6.45, 7) is 10.3. The molecule has 1 N–H and O–H groups in total. The standard InChI is InChI=1S/C32H40FN3O3/c1-4-38-28-11-8-25(9-12-28)30-13-10-27(35-31(30)21-36-14-6-5-7-15-36)19-32(37)34-20-24-16-26(33)18-29(17-24)39-22-23(2)3/h8-13,16-18,23H,4-7,14-15,19-22H2,1-3H3,(H,34,37). The van der Waals surface area contributed by atoms with Crippen LogP contribution in [0.4, 0.5) is 4.39 Å². The van der Waals surface area contributed by atoms with Crippen LogP contribution in [0.25, 0.3) is 11.1 Å². The average molecular weight is 534 g/mol. The fraction of sp³-hybridized carbons (Fsp3) is 0.438. The van der Waals surface area contributed by atoms with Gasteiger partial charge in [0.05, 0.1) is 31.0 Å². The highest BCUT2D eigenvalue weighted by atomic mass is 19.1. The molecular formula is C32H40FN3O3. The van der Waals surface area contributed by atoms with Crippen LogP contribution in [0, 0.1) is 11.7 Å². The molecule has 1 aromatic heterocycles. The molecule has 208 valence electrons. The molecule has 0 aliphatic carbocycles. The summed E-state index contributed by atoms with van der Waals surface area (Å²) in [4.78, 5) is 20.2. The Kier molecular flexibility index (Phi) is 10.3. The van der Waals surface area contributed by atoms with Crippen molar-refractivity contribution in [1.82, 2.24) is 15.2 Å². The number of nitrogens with one attached hydrogen (secondary N) is 1. The Hall–Kier alpha value is -3.45. The van der Waals surface area contributed by atoms with Crippen molar-refractivity contribution < 1.29 is 18.7 Å². The molecule has 2 heterocycles. The van der Waals surface area contributed by atoms with Crippen LogP contribution >= 0.6 is 0 Å². The molecule has 1 aliphatic rings. The minimum absolute atomic E-state index is 0.155. The third-order valence-electron chi connectivity index (χ3n) is 6.68. The number of likely N-dealkylation sites (tertiary alicyclic amines) is 1. The molecule has 2 aromatic carbocycles. The lowest BCUT2D eigenvalue weighted by atomic mass is 10.0. The fourth-order valence-electron chi connectivity index (χ4n) is 4.75. The van der Waals surface area contributed by atoms with Gasteiger partial charge in [0.2, 0.25) is 5.91 Å². The van der Waals surface area contributed by atoms with E-state index in [1.165, 1.54) is 31.4 Å². The van der Waals surface area contributed by atoms with Gasteiger partial charge < -0.3 is 14.8 Å². The van der Waals surface area contributed by atoms with E-state index in [4.69, 9.17) is 14.5 Å². The number of hydrogen-bond acceptors (Lipinski definition) is 5. The monoisotopic (exact) mass is 533 g/mol. The van der Waals surface area contributed by atoms with Crippen molar-refractivity contribution in [3.05, 3.63) is 77.4 Å². The van der Waals surface area contributed by atoms with E-state index in [2.05, 4.69) is 28.4 Å². The van der Waals surface area contributed by atoms with E-state index in [1.807, 2.05) is 39.0 Å². The molecule has 0 spiro atoms. The van der Waals surface area contributed by atoms with Gasteiger partial charge >= 0.3 is 0 Å². The van der Waals surface area contributed by atoms with Crippen molar-refractivity contribution in [3.8, 4) is 22.6 Å². The van der Waals surface area contributed by atoms with Crippen LogP contribution in [-0.2, 0) is 24.3 Å². The number of benzene rings is 2. The van der Waals surface area contributed by atoms with E-state index < -0.39 is 0 Å². The molecule has 3 aromatic rings. The Morgan fingerprint density at radius 2 is 1.77 bits per heavy atom. The van der Waals surface area contributed by atoms with Gasteiger partial charge in [-0.3, -0.25) is 14.7 Å². The van der Waals surface area contributed by atoms with E-state index in [-0.39, 0.29) is 24.7 Å². The molecule has 4 rings (SSSR count). The predicted octanol–water partition coefficient (Wildman–Crippen LogP) is 6.17. The van der Waals surface area contributed by atoms with E-state index in [0.717, 1.165) is 47.9 Å². The minimum atomic E-state index is -0.380. The molecule has 0 radical (unpaired) electrons. The number of halogens is 1. The average Bonchev–Trinajstić information content (AvgIpc) is 2.92. The minimum Gasteiger partial charge on any atom is -0.494 e. The summed E-state index contributed by atoms with van der Waals surface area (Å²) in [6.07, 6.45) is 3.82. The van der Waals surface area contributed by atoms with E-state index in [0.29, 0.717) is 30.4 Å². The van der Waals surface area contributed by atoms with Gasteiger partial charge in [-0.1, -0.05) is 38.5 Å². The van der Waals surface area contributed by atoms with Crippen molar-refractivity contribution >= 4 is 5.91 Å². The second-order valence-corrected chi connectivity index (χ2v) is 10.5. The summed E-state index contributed by atoms with van der Waals surface area (Å²) in [5.74, 6) is 1.12. The SMILES string of the molecule is CCOc1ccc(-c2ccc(CC(=O)NCc3cc(F)cc(OCC(C)C)c3)nc2CN2CCCCC2)cc1. The number of pyridine rings is 1. The molecule has 1 amide bonds. The second kappa shape index (κ2) is 14.1. The number of aromatic nitrogens is 1. The van der Waals surface area contributed by atoms with Gasteiger partial charge in [0.1, 0.15) is 17.3 Å². The molecule has 0 unspecified atom stereocenters. The van der Waals surface area contributed by atoms with E-state index >= 15 is 0 Å². The Morgan fingerprint density at radius 3 is 2.49 bits per heavy atom. The lowest BCUT2D eigenvalue weighted by molar-refractivity contribution is -0.120. The Bertz CT molecular complexity index is 1220. The molecular weight excluding hydrogens is 493 g/mol. The van der Waals surface area contributed by atoms with Gasteiger partial charge in [-0.2, -0.15) is 0 Å². The number of carbonyl (C=O) groups is 1. The summed E-state index contributed by atoms with van der Waals surface area (Å²) in [6, 6.07) is 16.6. The lowest BCUT2D eigenvalue weighted by Crippen LogP contribution is -2.30. The molecule has 0 atom stereocenters. The van der Waals surface area contributed by atoms with Crippen molar-refractivity contribution in [2.45, 2.75) is 59.5 Å². The van der Waals surface area contributed by atoms with Crippen LogP contribution in [0.3, 0.4) is 0 Å². The normalized spacial score (nSPS) is 13.9. The Morgan fingerprint density at radius 1 is 1.00 bits per heavy atom. The first-order valence-electron chi connectivity index (χ1n) is 14.0. The summed E-state index contributed by atoms with van der Waals surface area (Å²) >= 11 is 0. The molecule has 6 nitrogen and oxygen atoms in total. The molecule has 39 heavy (non-hydrogen) atoms. The zero-order valence-electron chi connectivity index (χ0n) is 23.3. The van der Waals surface area contributed by atoms with Gasteiger partial charge in [0.15, 0.2) is 0 Å². The quantitative estimate of drug-likeness (QED) is 0.302. The van der Waals surface area contributed by atoms with Crippen LogP contribution in [-0.4, -0.2) is 42.1 Å². The smallest absolute Gasteiger partial charge is 0.226 e. The molecule has 1 aliphatic heterocycles. The summed E-state index contributed by atoms with van der Waals surface area (Å²) in [5.41, 5.74) is 4.50. The number of rotatable bonds is 12. The maximum Gasteiger partial charge on any atom is 0.226 e. The molecule has 1 saturated heterocycles. The Balaban J connectivity index is 1.45. The van der Waals surface area contributed by atoms with Crippen LogP contribution < -0.4 is 14.8 Å². The first kappa shape index (κ1) is 28.6. The molecule has 7 heteroatoms. The third kappa shape index (κ3) is 8.79. The Labute approximate surface area is 231 Å². The highest BCUT2D eigenvalue weighted by Crippen LogP contribution is 2.27. The summed E-state index contributed by atoms with van der Waals surface area (Å²) in [7, 11) is 0. The fourth-order valence-corrected chi connectivity index (χ4v) is 4.75. The van der Waals surface area contributed by atoms with Crippen LogP contribution in [0.1, 0.15) is 57.0 Å². The van der Waals surface area contributed by atoms with Crippen molar-refractivity contribution in [1.29, 1.82) is 0 Å². The summed E-state index contributed by atoms with van der Waals surface area (Å²) in [5, 5.41) is 2.91. The summed E-state index contributed by atoms with van der Waals surface area (Å²) < 4.78 is 25.3. The van der Waals surface area contributed by atoms with Crippen molar-refractivity contribution in [2.24, 2.45) is 5.92 Å². The number of carbonyl (C=O) groups excluding carboxylic acids is 1. The zero-order valence-corrected chi connectivity index (χ0v) is 23.3. The maximum absolute atomic E-state index is 14.1. The van der Waals surface area contributed by atoms with Gasteiger partial charge in [-0.05, 0) is 80.2 Å². The number of nitrogens with zero attached hydrogens (tertiary/aromatic N) is 2. The maximum atomic E-state index is 14.1. The highest BCUT2D eigenvalue weighted by molar-refractivity contribution is 5.78. The van der Waals surface area contributed by atoms with Gasteiger partial charge in [-0.15, -0.1) is 0 Å². The van der Waals surface area contributed by atoms with Crippen LogP contribution in [0.2, 0.25) is 0 Å². The number of ether oxygens (including phenoxy) is 2. The molecule has 0 bridgehead atoms. The zero-order chi connectivity index (χ0) is 27.6. The second-order valence-electron chi connectivity index (χ2n) is 10.5. The number of amides is 1. The lowest BCUT2D eigenvalue weighted by Gasteiger charge is -2.27. The van der Waals surface area contributed by atoms with E-state index in [9.17, 15) is 9.18 Å². The van der Waals surface area contributed by atoms with Crippen molar-refractivity contribution in [2.75, 3.05) is 26.3 Å². The van der Waals surface area contributed by atoms with Crippen LogP contribution in [0.15, 0.2) is 54.6 Å². The number of hydrogen-bond donors (Lipinski definition) is 1. The van der Waals surface area contributed by atoms with E-state index in [1.54, 1.807) is 6.07 Å². The van der Waals surface area contributed by atoms with Crippen LogP contribution in [0.5, 0.6) is 11.5 Å². The first-order chi connectivity index (χ1) is 18.9. The van der Waals surface area contributed by atoms with Gasteiger partial charge in [-0.25, -0.2) is 4.39 Å². The van der Waals surface area contributed by atoms with Gasteiger partial charge in [0.25, 0.3) is 0 Å². The van der Waals surface area contributed by atoms with Crippen molar-refractivity contribution in [3.63, 3.8) is 0 Å². The van der Waals surface area contributed by atoms with Gasteiger partial charge in [0, 0.05) is 24.7 Å². The predicted molar refractivity (Wildman–Crippen MR) is 152 cm³/mol. The molecule has 0 saturated carbocycles. The first-order valence-corrected chi connectivity index (χ1v) is 14.0. The third-order valence-corrected chi connectivity index (χ3v) is 6.68. The number of piperidine rings is 1. The topological polar surface area (TPSA) is 63.7 Å². The largest absolute Gasteiger partial charge is 0.494 e. The highest BCUT2D eigenvalue weighted by Gasteiger charge is 2.16.